The van der Waals surface area contributed by atoms with Crippen LogP contribution in [0.4, 0.5) is 10.5 Å². The molecule has 0 saturated heterocycles. The van der Waals surface area contributed by atoms with Gasteiger partial charge in [-0.3, -0.25) is 4.68 Å². The average molecular weight is 409 g/mol. The lowest BCUT2D eigenvalue weighted by molar-refractivity contribution is 0.0292. The molecule has 0 aliphatic heterocycles. The molecule has 28 heavy (non-hydrogen) atoms. The summed E-state index contributed by atoms with van der Waals surface area (Å²) in [7, 11) is -2.09. The Labute approximate surface area is 166 Å². The fourth-order valence-electron chi connectivity index (χ4n) is 2.73. The van der Waals surface area contributed by atoms with E-state index in [0.717, 1.165) is 0 Å². The van der Waals surface area contributed by atoms with E-state index in [1.807, 2.05) is 0 Å². The van der Waals surface area contributed by atoms with Crippen molar-refractivity contribution in [1.82, 2.24) is 14.7 Å². The first-order valence-electron chi connectivity index (χ1n) is 8.91. The second-order valence-corrected chi connectivity index (χ2v) is 9.58. The normalized spacial score (nSPS) is 12.1. The van der Waals surface area contributed by atoms with Gasteiger partial charge in [-0.2, -0.15) is 5.10 Å². The molecule has 2 aromatic rings. The molecule has 154 valence electrons. The lowest BCUT2D eigenvalue weighted by Gasteiger charge is -2.24. The Balaban J connectivity index is 2.22. The molecule has 2 N–H and O–H groups in total. The number of aromatic nitrogens is 2. The first kappa shape index (κ1) is 21.7. The van der Waals surface area contributed by atoms with E-state index >= 15 is 0 Å². The van der Waals surface area contributed by atoms with Crippen LogP contribution in [0.5, 0.6) is 0 Å². The van der Waals surface area contributed by atoms with Crippen molar-refractivity contribution in [3.8, 4) is 0 Å². The number of sulfone groups is 1. The van der Waals surface area contributed by atoms with E-state index in [0.29, 0.717) is 30.2 Å². The number of carbonyl (C=O) groups excluding carboxylic acids is 1. The van der Waals surface area contributed by atoms with E-state index < -0.39 is 21.5 Å². The van der Waals surface area contributed by atoms with Crippen LogP contribution in [-0.2, 0) is 21.1 Å². The highest BCUT2D eigenvalue weighted by Crippen LogP contribution is 2.27. The van der Waals surface area contributed by atoms with Gasteiger partial charge in [0.1, 0.15) is 10.5 Å². The number of hydrogen-bond acceptors (Lipinski definition) is 6. The van der Waals surface area contributed by atoms with E-state index in [1.54, 1.807) is 58.5 Å². The Morgan fingerprint density at radius 3 is 2.32 bits per heavy atom. The molecule has 2 rings (SSSR count). The number of hydrogen-bond donors (Lipinski definition) is 1. The van der Waals surface area contributed by atoms with E-state index in [1.165, 1.54) is 17.0 Å². The first-order valence-corrected chi connectivity index (χ1v) is 10.4. The Morgan fingerprint density at radius 2 is 1.79 bits per heavy atom. The van der Waals surface area contributed by atoms with Crippen LogP contribution in [0.3, 0.4) is 0 Å². The fourth-order valence-corrected chi connectivity index (χ4v) is 4.38. The van der Waals surface area contributed by atoms with Crippen molar-refractivity contribution in [1.29, 1.82) is 0 Å². The number of nitrogens with zero attached hydrogens (tertiary/aromatic N) is 3. The minimum Gasteiger partial charge on any atom is -0.444 e. The molecule has 1 aromatic heterocycles. The summed E-state index contributed by atoms with van der Waals surface area (Å²) in [5.41, 5.74) is 6.50. The molecule has 0 aliphatic carbocycles. The summed E-state index contributed by atoms with van der Waals surface area (Å²) in [5.74, 6) is 0. The molecule has 8 nitrogen and oxygen atoms in total. The Morgan fingerprint density at radius 1 is 1.21 bits per heavy atom. The van der Waals surface area contributed by atoms with Gasteiger partial charge < -0.3 is 15.4 Å². The highest BCUT2D eigenvalue weighted by atomic mass is 32.2. The van der Waals surface area contributed by atoms with Crippen LogP contribution in [0.15, 0.2) is 34.1 Å². The summed E-state index contributed by atoms with van der Waals surface area (Å²) in [6, 6.07) is 6.07. The quantitative estimate of drug-likeness (QED) is 0.762. The third-order valence-corrected chi connectivity index (χ3v) is 6.15. The van der Waals surface area contributed by atoms with E-state index in [4.69, 9.17) is 10.5 Å². The van der Waals surface area contributed by atoms with Gasteiger partial charge in [-0.15, -0.1) is 0 Å². The van der Waals surface area contributed by atoms with Crippen molar-refractivity contribution in [2.75, 3.05) is 19.3 Å². The fraction of sp³-hybridized carbons (Fsp3) is 0.474. The van der Waals surface area contributed by atoms with Crippen LogP contribution in [0.25, 0.3) is 0 Å². The van der Waals surface area contributed by atoms with Crippen molar-refractivity contribution in [3.63, 3.8) is 0 Å². The molecule has 1 aromatic carbocycles. The minimum atomic E-state index is -3.72. The summed E-state index contributed by atoms with van der Waals surface area (Å²) in [5, 5.41) is 4.36. The maximum atomic E-state index is 13.0. The molecule has 0 bridgehead atoms. The number of nitrogen functional groups attached to an aromatic ring is 1. The van der Waals surface area contributed by atoms with E-state index in [9.17, 15) is 13.2 Å². The minimum absolute atomic E-state index is 0.165. The zero-order chi connectivity index (χ0) is 21.3. The average Bonchev–Trinajstić information content (AvgIpc) is 2.85. The third kappa shape index (κ3) is 4.83. The molecule has 0 atom stereocenters. The number of nitrogens with two attached hydrogens (primary N) is 1. The standard InChI is InChI=1S/C19H28N4O4S/c1-13-17(28(25,26)16-9-7-15(20)8-10-16)14(2)23(21-13)12-11-22(6)18(24)27-19(3,4)5/h7-10H,11-12,20H2,1-6H3. The number of benzene rings is 1. The number of ether oxygens (including phenoxy) is 1. The van der Waals surface area contributed by atoms with Crippen LogP contribution >= 0.6 is 0 Å². The predicted octanol–water partition coefficient (Wildman–Crippen LogP) is 2.78. The first-order chi connectivity index (χ1) is 12.8. The topological polar surface area (TPSA) is 108 Å². The summed E-state index contributed by atoms with van der Waals surface area (Å²) in [6.45, 7) is 9.44. The lowest BCUT2D eigenvalue weighted by Crippen LogP contribution is -2.36. The maximum absolute atomic E-state index is 13.0. The molecular weight excluding hydrogens is 380 g/mol. The third-order valence-electron chi connectivity index (χ3n) is 4.13. The number of anilines is 1. The summed E-state index contributed by atoms with van der Waals surface area (Å²) < 4.78 is 33.0. The van der Waals surface area contributed by atoms with Crippen LogP contribution in [-0.4, -0.2) is 48.4 Å². The van der Waals surface area contributed by atoms with Crippen molar-refractivity contribution in [2.45, 2.75) is 56.6 Å². The monoisotopic (exact) mass is 408 g/mol. The molecular formula is C19H28N4O4S. The largest absolute Gasteiger partial charge is 0.444 e. The molecule has 0 saturated carbocycles. The summed E-state index contributed by atoms with van der Waals surface area (Å²) in [6.07, 6.45) is -0.441. The Kier molecular flexibility index (Phi) is 6.08. The van der Waals surface area contributed by atoms with Gasteiger partial charge in [0.05, 0.1) is 22.8 Å². The van der Waals surface area contributed by atoms with Crippen molar-refractivity contribution in [2.24, 2.45) is 0 Å². The van der Waals surface area contributed by atoms with Gasteiger partial charge in [0.15, 0.2) is 0 Å². The van der Waals surface area contributed by atoms with Gasteiger partial charge in [0.2, 0.25) is 9.84 Å². The molecule has 1 amide bonds. The summed E-state index contributed by atoms with van der Waals surface area (Å²) >= 11 is 0. The van der Waals surface area contributed by atoms with E-state index in [-0.39, 0.29) is 9.79 Å². The molecule has 1 heterocycles. The van der Waals surface area contributed by atoms with Gasteiger partial charge in [-0.1, -0.05) is 0 Å². The van der Waals surface area contributed by atoms with Crippen LogP contribution < -0.4 is 5.73 Å². The zero-order valence-electron chi connectivity index (χ0n) is 17.2. The smallest absolute Gasteiger partial charge is 0.410 e. The van der Waals surface area contributed by atoms with Gasteiger partial charge in [0, 0.05) is 19.3 Å². The molecule has 9 heteroatoms. The van der Waals surface area contributed by atoms with Gasteiger partial charge in [-0.25, -0.2) is 13.2 Å². The Hall–Kier alpha value is -2.55. The van der Waals surface area contributed by atoms with Crippen molar-refractivity contribution in [3.05, 3.63) is 35.7 Å². The van der Waals surface area contributed by atoms with Crippen LogP contribution in [0, 0.1) is 13.8 Å². The second kappa shape index (κ2) is 7.83. The van der Waals surface area contributed by atoms with Crippen LogP contribution in [0.1, 0.15) is 32.2 Å². The predicted molar refractivity (Wildman–Crippen MR) is 107 cm³/mol. The van der Waals surface area contributed by atoms with E-state index in [2.05, 4.69) is 5.10 Å². The van der Waals surface area contributed by atoms with Crippen molar-refractivity contribution < 1.29 is 17.9 Å². The number of rotatable bonds is 5. The number of aryl methyl sites for hydroxylation is 1. The zero-order valence-corrected chi connectivity index (χ0v) is 18.0. The van der Waals surface area contributed by atoms with Crippen LogP contribution in [0.2, 0.25) is 0 Å². The molecule has 0 spiro atoms. The number of likely N-dealkylation sites (N-methyl/N-ethyl adjacent to an activating group) is 1. The van der Waals surface area contributed by atoms with Gasteiger partial charge in [-0.05, 0) is 58.9 Å². The van der Waals surface area contributed by atoms with Gasteiger partial charge >= 0.3 is 6.09 Å². The molecule has 0 fully saturated rings. The van der Waals surface area contributed by atoms with Gasteiger partial charge in [0.25, 0.3) is 0 Å². The maximum Gasteiger partial charge on any atom is 0.410 e. The molecule has 0 aliphatic rings. The number of carbonyl (C=O) groups is 1. The second-order valence-electron chi connectivity index (χ2n) is 7.70. The SMILES string of the molecule is Cc1nn(CCN(C)C(=O)OC(C)(C)C)c(C)c1S(=O)(=O)c1ccc(N)cc1. The lowest BCUT2D eigenvalue weighted by atomic mass is 10.2. The highest BCUT2D eigenvalue weighted by molar-refractivity contribution is 7.91. The summed E-state index contributed by atoms with van der Waals surface area (Å²) in [4.78, 5) is 13.9. The molecule has 0 radical (unpaired) electrons. The Bertz CT molecular complexity index is 957. The highest BCUT2D eigenvalue weighted by Gasteiger charge is 2.27. The van der Waals surface area contributed by atoms with Crippen molar-refractivity contribution >= 4 is 21.6 Å². The molecule has 0 unspecified atom stereocenters. The number of amides is 1.